The molecule has 2 N–H and O–H groups in total. The smallest absolute Gasteiger partial charge is 0.223 e. The van der Waals surface area contributed by atoms with Gasteiger partial charge in [-0.3, -0.25) is 4.79 Å². The molecule has 1 aliphatic rings. The number of rotatable bonds is 4. The first kappa shape index (κ1) is 13.9. The van der Waals surface area contributed by atoms with Crippen LogP contribution in [0.4, 0.5) is 0 Å². The maximum Gasteiger partial charge on any atom is 0.223 e. The average molecular weight is 284 g/mol. The third-order valence-electron chi connectivity index (χ3n) is 4.12. The van der Waals surface area contributed by atoms with Crippen molar-refractivity contribution in [2.24, 2.45) is 5.73 Å². The minimum Gasteiger partial charge on any atom is -0.469 e. The molecule has 0 saturated heterocycles. The van der Waals surface area contributed by atoms with E-state index in [-0.39, 0.29) is 11.9 Å². The summed E-state index contributed by atoms with van der Waals surface area (Å²) in [6, 6.07) is 12.0. The van der Waals surface area contributed by atoms with Crippen LogP contribution < -0.4 is 5.73 Å². The van der Waals surface area contributed by atoms with Crippen LogP contribution in [0.1, 0.15) is 29.3 Å². The molecule has 0 radical (unpaired) electrons. The molecule has 3 rings (SSSR count). The fraction of sp³-hybridized carbons (Fsp3) is 0.353. The van der Waals surface area contributed by atoms with Gasteiger partial charge in [0.25, 0.3) is 0 Å². The number of benzene rings is 1. The molecule has 0 saturated carbocycles. The van der Waals surface area contributed by atoms with Gasteiger partial charge in [-0.2, -0.15) is 0 Å². The summed E-state index contributed by atoms with van der Waals surface area (Å²) in [5.41, 5.74) is 8.43. The topological polar surface area (TPSA) is 59.5 Å². The Kier molecular flexibility index (Phi) is 4.06. The Morgan fingerprint density at radius 1 is 1.29 bits per heavy atom. The number of aryl methyl sites for hydroxylation is 1. The maximum atomic E-state index is 12.5. The standard InChI is InChI=1S/C17H20N2O2/c18-12-16-15-6-2-1-4-13(15)9-10-19(16)17(20)8-7-14-5-3-11-21-14/h1-6,11,16H,7-10,12,18H2. The van der Waals surface area contributed by atoms with Crippen LogP contribution in [0.15, 0.2) is 47.1 Å². The second-order valence-corrected chi connectivity index (χ2v) is 5.37. The highest BCUT2D eigenvalue weighted by Gasteiger charge is 2.29. The molecule has 1 aromatic carbocycles. The first-order valence-corrected chi connectivity index (χ1v) is 7.39. The van der Waals surface area contributed by atoms with E-state index in [0.717, 1.165) is 18.7 Å². The summed E-state index contributed by atoms with van der Waals surface area (Å²) in [7, 11) is 0. The number of hydrogen-bond acceptors (Lipinski definition) is 3. The average Bonchev–Trinajstić information content (AvgIpc) is 3.04. The van der Waals surface area contributed by atoms with Crippen molar-refractivity contribution in [2.75, 3.05) is 13.1 Å². The van der Waals surface area contributed by atoms with Gasteiger partial charge >= 0.3 is 0 Å². The summed E-state index contributed by atoms with van der Waals surface area (Å²) in [4.78, 5) is 14.4. The Hall–Kier alpha value is -2.07. The number of nitrogens with two attached hydrogens (primary N) is 1. The van der Waals surface area contributed by atoms with E-state index < -0.39 is 0 Å². The molecule has 1 amide bonds. The monoisotopic (exact) mass is 284 g/mol. The highest BCUT2D eigenvalue weighted by atomic mass is 16.3. The summed E-state index contributed by atoms with van der Waals surface area (Å²) in [6.07, 6.45) is 3.65. The van der Waals surface area contributed by atoms with E-state index in [4.69, 9.17) is 10.2 Å². The van der Waals surface area contributed by atoms with Crippen molar-refractivity contribution < 1.29 is 9.21 Å². The Morgan fingerprint density at radius 3 is 2.90 bits per heavy atom. The molecule has 110 valence electrons. The largest absolute Gasteiger partial charge is 0.469 e. The molecule has 1 unspecified atom stereocenters. The van der Waals surface area contributed by atoms with Gasteiger partial charge in [-0.1, -0.05) is 24.3 Å². The predicted molar refractivity (Wildman–Crippen MR) is 80.7 cm³/mol. The molecular weight excluding hydrogens is 264 g/mol. The van der Waals surface area contributed by atoms with Gasteiger partial charge in [-0.15, -0.1) is 0 Å². The summed E-state index contributed by atoms with van der Waals surface area (Å²) < 4.78 is 5.29. The lowest BCUT2D eigenvalue weighted by Crippen LogP contribution is -2.43. The van der Waals surface area contributed by atoms with E-state index >= 15 is 0 Å². The number of furan rings is 1. The zero-order chi connectivity index (χ0) is 14.7. The number of nitrogens with zero attached hydrogens (tertiary/aromatic N) is 1. The van der Waals surface area contributed by atoms with E-state index in [2.05, 4.69) is 12.1 Å². The Balaban J connectivity index is 1.71. The van der Waals surface area contributed by atoms with Gasteiger partial charge in [0.1, 0.15) is 5.76 Å². The Morgan fingerprint density at radius 2 is 2.14 bits per heavy atom. The summed E-state index contributed by atoms with van der Waals surface area (Å²) in [5, 5.41) is 0. The van der Waals surface area contributed by atoms with Crippen LogP contribution in [0, 0.1) is 0 Å². The number of carbonyl (C=O) groups excluding carboxylic acids is 1. The van der Waals surface area contributed by atoms with Gasteiger partial charge in [0.05, 0.1) is 12.3 Å². The van der Waals surface area contributed by atoms with Crippen molar-refractivity contribution in [3.05, 3.63) is 59.5 Å². The molecule has 0 bridgehead atoms. The van der Waals surface area contributed by atoms with Crippen molar-refractivity contribution in [3.63, 3.8) is 0 Å². The fourth-order valence-electron chi connectivity index (χ4n) is 3.03. The molecule has 1 aromatic heterocycles. The summed E-state index contributed by atoms with van der Waals surface area (Å²) in [6.45, 7) is 1.21. The van der Waals surface area contributed by atoms with Crippen molar-refractivity contribution in [3.8, 4) is 0 Å². The zero-order valence-corrected chi connectivity index (χ0v) is 12.0. The van der Waals surface area contributed by atoms with Crippen LogP contribution in [0.2, 0.25) is 0 Å². The molecule has 0 aliphatic carbocycles. The van der Waals surface area contributed by atoms with Crippen LogP contribution in [0.25, 0.3) is 0 Å². The number of carbonyl (C=O) groups is 1. The van der Waals surface area contributed by atoms with E-state index in [1.54, 1.807) is 6.26 Å². The quantitative estimate of drug-likeness (QED) is 0.937. The molecule has 0 spiro atoms. The minimum absolute atomic E-state index is 0.000879. The van der Waals surface area contributed by atoms with Crippen LogP contribution in [0.5, 0.6) is 0 Å². The number of hydrogen-bond donors (Lipinski definition) is 1. The van der Waals surface area contributed by atoms with E-state index in [1.807, 2.05) is 29.2 Å². The fourth-order valence-corrected chi connectivity index (χ4v) is 3.03. The van der Waals surface area contributed by atoms with Crippen LogP contribution >= 0.6 is 0 Å². The van der Waals surface area contributed by atoms with E-state index in [9.17, 15) is 4.79 Å². The molecule has 2 heterocycles. The minimum atomic E-state index is -0.000879. The molecule has 2 aromatic rings. The lowest BCUT2D eigenvalue weighted by Gasteiger charge is -2.36. The molecule has 4 nitrogen and oxygen atoms in total. The van der Waals surface area contributed by atoms with Gasteiger partial charge in [0, 0.05) is 25.9 Å². The third-order valence-corrected chi connectivity index (χ3v) is 4.12. The number of amides is 1. The Labute approximate surface area is 124 Å². The highest BCUT2D eigenvalue weighted by Crippen LogP contribution is 2.29. The normalized spacial score (nSPS) is 17.6. The van der Waals surface area contributed by atoms with Gasteiger partial charge in [-0.05, 0) is 29.7 Å². The van der Waals surface area contributed by atoms with Gasteiger partial charge in [0.2, 0.25) is 5.91 Å². The number of fused-ring (bicyclic) bond motifs is 1. The second-order valence-electron chi connectivity index (χ2n) is 5.37. The zero-order valence-electron chi connectivity index (χ0n) is 12.0. The summed E-state index contributed by atoms with van der Waals surface area (Å²) in [5.74, 6) is 1.00. The first-order valence-electron chi connectivity index (χ1n) is 7.39. The molecule has 0 fully saturated rings. The van der Waals surface area contributed by atoms with Crippen LogP contribution in [0.3, 0.4) is 0 Å². The molecule has 1 atom stereocenters. The molecule has 1 aliphatic heterocycles. The van der Waals surface area contributed by atoms with Crippen molar-refractivity contribution >= 4 is 5.91 Å². The lowest BCUT2D eigenvalue weighted by atomic mass is 9.92. The second kappa shape index (κ2) is 6.14. The summed E-state index contributed by atoms with van der Waals surface area (Å²) >= 11 is 0. The van der Waals surface area contributed by atoms with Gasteiger partial charge in [-0.25, -0.2) is 0 Å². The van der Waals surface area contributed by atoms with Gasteiger partial charge in [0.15, 0.2) is 0 Å². The van der Waals surface area contributed by atoms with Crippen molar-refractivity contribution in [2.45, 2.75) is 25.3 Å². The van der Waals surface area contributed by atoms with Gasteiger partial charge < -0.3 is 15.1 Å². The van der Waals surface area contributed by atoms with Crippen molar-refractivity contribution in [1.29, 1.82) is 0 Å². The highest BCUT2D eigenvalue weighted by molar-refractivity contribution is 5.77. The van der Waals surface area contributed by atoms with Crippen LogP contribution in [-0.4, -0.2) is 23.9 Å². The van der Waals surface area contributed by atoms with E-state index in [1.165, 1.54) is 11.1 Å². The predicted octanol–water partition coefficient (Wildman–Crippen LogP) is 2.30. The Bertz CT molecular complexity index is 607. The third kappa shape index (κ3) is 2.85. The van der Waals surface area contributed by atoms with Crippen molar-refractivity contribution in [1.82, 2.24) is 4.90 Å². The lowest BCUT2D eigenvalue weighted by molar-refractivity contribution is -0.134. The van der Waals surface area contributed by atoms with Crippen LogP contribution in [-0.2, 0) is 17.6 Å². The first-order chi connectivity index (χ1) is 10.3. The molecule has 4 heteroatoms. The molecular formula is C17H20N2O2. The van der Waals surface area contributed by atoms with E-state index in [0.29, 0.717) is 19.4 Å². The maximum absolute atomic E-state index is 12.5. The molecule has 21 heavy (non-hydrogen) atoms. The SMILES string of the molecule is NCC1c2ccccc2CCN1C(=O)CCc1ccco1.